The molecule has 0 spiro atoms. The zero-order valence-electron chi connectivity index (χ0n) is 18.2. The number of ether oxygens (including phenoxy) is 1. The number of benzene rings is 1. The number of amides is 3. The zero-order valence-corrected chi connectivity index (χ0v) is 18.2. The molecule has 0 saturated carbocycles. The number of nitrogens with zero attached hydrogens (tertiary/aromatic N) is 2. The summed E-state index contributed by atoms with van der Waals surface area (Å²) in [5, 5.41) is 3.04. The first-order valence-electron chi connectivity index (χ1n) is 10.9. The summed E-state index contributed by atoms with van der Waals surface area (Å²) < 4.78 is 5.58. The van der Waals surface area contributed by atoms with Crippen molar-refractivity contribution < 1.29 is 14.3 Å². The van der Waals surface area contributed by atoms with Crippen LogP contribution in [0.5, 0.6) is 0 Å². The van der Waals surface area contributed by atoms with Crippen LogP contribution < -0.4 is 5.32 Å². The first-order valence-corrected chi connectivity index (χ1v) is 10.9. The number of piperidine rings is 1. The average Bonchev–Trinajstić information content (AvgIpc) is 2.69. The van der Waals surface area contributed by atoms with Crippen LogP contribution in [0.2, 0.25) is 0 Å². The topological polar surface area (TPSA) is 61.9 Å². The maximum absolute atomic E-state index is 12.9. The fourth-order valence-corrected chi connectivity index (χ4v) is 4.18. The Morgan fingerprint density at radius 3 is 2.59 bits per heavy atom. The Labute approximate surface area is 174 Å². The van der Waals surface area contributed by atoms with E-state index < -0.39 is 0 Å². The fourth-order valence-electron chi connectivity index (χ4n) is 4.18. The van der Waals surface area contributed by atoms with Gasteiger partial charge in [-0.1, -0.05) is 20.8 Å². The minimum atomic E-state index is -0.0915. The van der Waals surface area contributed by atoms with E-state index in [-0.39, 0.29) is 18.0 Å². The summed E-state index contributed by atoms with van der Waals surface area (Å²) in [5.74, 6) is 1.28. The third-order valence-corrected chi connectivity index (χ3v) is 6.02. The summed E-state index contributed by atoms with van der Waals surface area (Å²) in [6, 6.07) is 5.58. The number of morpholine rings is 1. The minimum Gasteiger partial charge on any atom is -0.377 e. The maximum atomic E-state index is 12.9. The van der Waals surface area contributed by atoms with Crippen molar-refractivity contribution in [2.45, 2.75) is 53.0 Å². The molecule has 29 heavy (non-hydrogen) atoms. The molecule has 0 aromatic heterocycles. The second-order valence-electron chi connectivity index (χ2n) is 8.99. The molecule has 2 aliphatic heterocycles. The highest BCUT2D eigenvalue weighted by atomic mass is 16.5. The van der Waals surface area contributed by atoms with Crippen molar-refractivity contribution in [1.29, 1.82) is 0 Å². The molecular formula is C23H35N3O3. The van der Waals surface area contributed by atoms with Crippen LogP contribution >= 0.6 is 0 Å². The van der Waals surface area contributed by atoms with E-state index in [4.69, 9.17) is 4.74 Å². The first kappa shape index (κ1) is 21.6. The van der Waals surface area contributed by atoms with Gasteiger partial charge in [-0.05, 0) is 61.8 Å². The molecule has 2 fully saturated rings. The summed E-state index contributed by atoms with van der Waals surface area (Å²) in [6.45, 7) is 11.9. The normalized spacial score (nSPS) is 20.8. The van der Waals surface area contributed by atoms with E-state index in [0.29, 0.717) is 37.2 Å². The van der Waals surface area contributed by atoms with Gasteiger partial charge in [-0.15, -0.1) is 0 Å². The number of hydrogen-bond acceptors (Lipinski definition) is 3. The molecule has 6 nitrogen and oxygen atoms in total. The van der Waals surface area contributed by atoms with Gasteiger partial charge in [0.2, 0.25) is 0 Å². The van der Waals surface area contributed by atoms with Crippen LogP contribution in [0.1, 0.15) is 56.0 Å². The van der Waals surface area contributed by atoms with Gasteiger partial charge in [-0.2, -0.15) is 0 Å². The van der Waals surface area contributed by atoms with Crippen LogP contribution in [0, 0.1) is 18.8 Å². The summed E-state index contributed by atoms with van der Waals surface area (Å²) in [7, 11) is 0. The van der Waals surface area contributed by atoms with Crippen molar-refractivity contribution in [2.24, 2.45) is 11.8 Å². The molecule has 1 unspecified atom stereocenters. The molecule has 3 rings (SSSR count). The lowest BCUT2D eigenvalue weighted by molar-refractivity contribution is 0.00857. The van der Waals surface area contributed by atoms with Gasteiger partial charge in [0.05, 0.1) is 19.3 Å². The van der Waals surface area contributed by atoms with Gasteiger partial charge in [0.1, 0.15) is 0 Å². The van der Waals surface area contributed by atoms with Crippen molar-refractivity contribution in [3.63, 3.8) is 0 Å². The van der Waals surface area contributed by atoms with Gasteiger partial charge in [0.25, 0.3) is 5.91 Å². The molecule has 0 bridgehead atoms. The highest BCUT2D eigenvalue weighted by Crippen LogP contribution is 2.23. The molecule has 6 heteroatoms. The third kappa shape index (κ3) is 5.50. The van der Waals surface area contributed by atoms with Crippen molar-refractivity contribution in [3.8, 4) is 0 Å². The molecule has 3 amide bonds. The number of rotatable bonds is 4. The molecule has 160 valence electrons. The van der Waals surface area contributed by atoms with Crippen LogP contribution in [0.25, 0.3) is 0 Å². The molecule has 0 radical (unpaired) electrons. The Morgan fingerprint density at radius 2 is 1.93 bits per heavy atom. The maximum Gasteiger partial charge on any atom is 0.322 e. The lowest BCUT2D eigenvalue weighted by atomic mass is 9.98. The van der Waals surface area contributed by atoms with E-state index in [1.54, 1.807) is 0 Å². The molecule has 1 aromatic carbocycles. The molecule has 1 atom stereocenters. The first-order chi connectivity index (χ1) is 13.8. The Kier molecular flexibility index (Phi) is 7.17. The van der Waals surface area contributed by atoms with Crippen molar-refractivity contribution in [3.05, 3.63) is 29.3 Å². The van der Waals surface area contributed by atoms with Crippen LogP contribution in [0.4, 0.5) is 10.5 Å². The predicted molar refractivity (Wildman–Crippen MR) is 115 cm³/mol. The molecule has 2 heterocycles. The van der Waals surface area contributed by atoms with E-state index >= 15 is 0 Å². The summed E-state index contributed by atoms with van der Waals surface area (Å²) >= 11 is 0. The Balaban J connectivity index is 1.65. The minimum absolute atomic E-state index is 0.0862. The number of anilines is 1. The predicted octanol–water partition coefficient (Wildman–Crippen LogP) is 4.15. The Hall–Kier alpha value is -2.08. The number of aryl methyl sites for hydroxylation is 1. The number of urea groups is 1. The molecular weight excluding hydrogens is 366 g/mol. The number of carbonyl (C=O) groups is 2. The zero-order chi connectivity index (χ0) is 21.0. The Morgan fingerprint density at radius 1 is 1.21 bits per heavy atom. The van der Waals surface area contributed by atoms with Crippen LogP contribution in [-0.2, 0) is 4.74 Å². The highest BCUT2D eigenvalue weighted by molar-refractivity contribution is 5.96. The van der Waals surface area contributed by atoms with Gasteiger partial charge in [-0.3, -0.25) is 4.79 Å². The van der Waals surface area contributed by atoms with Crippen LogP contribution in [0.3, 0.4) is 0 Å². The molecule has 1 aromatic rings. The molecule has 0 aliphatic carbocycles. The van der Waals surface area contributed by atoms with Crippen molar-refractivity contribution in [1.82, 2.24) is 9.80 Å². The van der Waals surface area contributed by atoms with E-state index in [1.807, 2.05) is 34.9 Å². The van der Waals surface area contributed by atoms with Gasteiger partial charge < -0.3 is 19.9 Å². The summed E-state index contributed by atoms with van der Waals surface area (Å²) in [5.41, 5.74) is 2.36. The van der Waals surface area contributed by atoms with Gasteiger partial charge >= 0.3 is 6.03 Å². The Bertz CT molecular complexity index is 726. The molecule has 2 aliphatic rings. The average molecular weight is 402 g/mol. The summed E-state index contributed by atoms with van der Waals surface area (Å²) in [4.78, 5) is 29.5. The largest absolute Gasteiger partial charge is 0.377 e. The van der Waals surface area contributed by atoms with Crippen LogP contribution in [0.15, 0.2) is 18.2 Å². The second-order valence-corrected chi connectivity index (χ2v) is 8.99. The SMILES string of the molecule is Cc1cc(C(=O)N2CCC(C)CC2)ccc1NC(=O)N1CCOCC1CC(C)C. The molecule has 2 saturated heterocycles. The van der Waals surface area contributed by atoms with Gasteiger partial charge in [-0.25, -0.2) is 4.79 Å². The standard InChI is InChI=1S/C23H35N3O3/c1-16(2)13-20-15-29-12-11-26(20)23(28)24-21-6-5-19(14-18(21)4)22(27)25-9-7-17(3)8-10-25/h5-6,14,16-17,20H,7-13,15H2,1-4H3,(H,24,28). The lowest BCUT2D eigenvalue weighted by Gasteiger charge is -2.36. The van der Waals surface area contributed by atoms with Crippen molar-refractivity contribution >= 4 is 17.6 Å². The van der Waals surface area contributed by atoms with Crippen LogP contribution in [-0.4, -0.2) is 60.6 Å². The lowest BCUT2D eigenvalue weighted by Crippen LogP contribution is -2.50. The second kappa shape index (κ2) is 9.61. The van der Waals surface area contributed by atoms with Crippen molar-refractivity contribution in [2.75, 3.05) is 38.2 Å². The van der Waals surface area contributed by atoms with E-state index in [0.717, 1.165) is 43.6 Å². The number of hydrogen-bond donors (Lipinski definition) is 1. The smallest absolute Gasteiger partial charge is 0.322 e. The van der Waals surface area contributed by atoms with Gasteiger partial charge in [0.15, 0.2) is 0 Å². The quantitative estimate of drug-likeness (QED) is 0.825. The number of carbonyl (C=O) groups excluding carboxylic acids is 2. The van der Waals surface area contributed by atoms with E-state index in [1.165, 1.54) is 0 Å². The third-order valence-electron chi connectivity index (χ3n) is 6.02. The van der Waals surface area contributed by atoms with Gasteiger partial charge in [0, 0.05) is 30.9 Å². The number of likely N-dealkylation sites (tertiary alicyclic amines) is 1. The number of nitrogens with one attached hydrogen (secondary N) is 1. The molecule has 1 N–H and O–H groups in total. The van der Waals surface area contributed by atoms with E-state index in [2.05, 4.69) is 26.1 Å². The fraction of sp³-hybridized carbons (Fsp3) is 0.652. The summed E-state index contributed by atoms with van der Waals surface area (Å²) in [6.07, 6.45) is 3.06. The highest BCUT2D eigenvalue weighted by Gasteiger charge is 2.28. The van der Waals surface area contributed by atoms with E-state index in [9.17, 15) is 9.59 Å². The monoisotopic (exact) mass is 401 g/mol.